The van der Waals surface area contributed by atoms with Gasteiger partial charge in [-0.05, 0) is 29.8 Å². The highest BCUT2D eigenvalue weighted by Gasteiger charge is 2.30. The maximum atomic E-state index is 14.0. The zero-order valence-electron chi connectivity index (χ0n) is 13.5. The van der Waals surface area contributed by atoms with Gasteiger partial charge >= 0.3 is 6.18 Å². The molecule has 0 unspecified atom stereocenters. The van der Waals surface area contributed by atoms with E-state index in [0.29, 0.717) is 10.3 Å². The highest BCUT2D eigenvalue weighted by Crippen LogP contribution is 2.39. The third kappa shape index (κ3) is 3.50. The number of carbonyl (C=O) groups excluding carboxylic acids is 1. The van der Waals surface area contributed by atoms with Crippen molar-refractivity contribution in [2.45, 2.75) is 12.7 Å². The summed E-state index contributed by atoms with van der Waals surface area (Å²) in [5.41, 5.74) is -0.481. The Balaban J connectivity index is 1.83. The van der Waals surface area contributed by atoms with Crippen LogP contribution in [0.2, 0.25) is 0 Å². The average Bonchev–Trinajstić information content (AvgIpc) is 2.99. The van der Waals surface area contributed by atoms with Crippen molar-refractivity contribution in [2.24, 2.45) is 0 Å². The number of alkyl halides is 3. The number of rotatable bonds is 4. The minimum atomic E-state index is -4.45. The number of benzene rings is 2. The summed E-state index contributed by atoms with van der Waals surface area (Å²) in [5, 5.41) is 2.76. The fourth-order valence-corrected chi connectivity index (χ4v) is 3.65. The molecule has 3 nitrogen and oxygen atoms in total. The summed E-state index contributed by atoms with van der Waals surface area (Å²) in [5.74, 6) is -0.933. The smallest absolute Gasteiger partial charge is 0.416 e. The van der Waals surface area contributed by atoms with Crippen molar-refractivity contribution in [1.29, 1.82) is 0 Å². The number of hydrogen-bond acceptors (Lipinski definition) is 3. The van der Waals surface area contributed by atoms with Crippen LogP contribution in [0.1, 0.15) is 20.8 Å². The van der Waals surface area contributed by atoms with Crippen LogP contribution in [0.4, 0.5) is 17.6 Å². The summed E-state index contributed by atoms with van der Waals surface area (Å²) in [6.45, 7) is -0.0946. The molecule has 0 bridgehead atoms. The summed E-state index contributed by atoms with van der Waals surface area (Å²) in [6, 6.07) is 9.15. The largest absolute Gasteiger partial charge is 0.494 e. The molecule has 0 saturated heterocycles. The molecule has 0 spiro atoms. The van der Waals surface area contributed by atoms with Crippen LogP contribution >= 0.6 is 11.3 Å². The van der Waals surface area contributed by atoms with Gasteiger partial charge in [0.05, 0.1) is 18.1 Å². The SMILES string of the molecule is COc1c(C(=O)NCc2cccc(C(F)(F)F)c2)sc2cccc(F)c12. The van der Waals surface area contributed by atoms with Crippen molar-refractivity contribution in [3.05, 3.63) is 64.3 Å². The average molecular weight is 383 g/mol. The molecule has 136 valence electrons. The van der Waals surface area contributed by atoms with Crippen molar-refractivity contribution in [3.63, 3.8) is 0 Å². The number of thiophene rings is 1. The molecule has 1 N–H and O–H groups in total. The third-order valence-corrected chi connectivity index (χ3v) is 4.87. The second-order valence-corrected chi connectivity index (χ2v) is 6.51. The third-order valence-electron chi connectivity index (χ3n) is 3.74. The van der Waals surface area contributed by atoms with Crippen LogP contribution in [-0.4, -0.2) is 13.0 Å². The molecule has 0 aliphatic heterocycles. The molecule has 3 aromatic rings. The topological polar surface area (TPSA) is 38.3 Å². The first-order chi connectivity index (χ1) is 12.3. The molecule has 1 heterocycles. The normalized spacial score (nSPS) is 11.6. The van der Waals surface area contributed by atoms with E-state index in [1.807, 2.05) is 0 Å². The fourth-order valence-electron chi connectivity index (χ4n) is 2.54. The molecule has 1 amide bonds. The number of hydrogen-bond donors (Lipinski definition) is 1. The number of nitrogens with one attached hydrogen (secondary N) is 1. The summed E-state index contributed by atoms with van der Waals surface area (Å²) in [6.07, 6.45) is -4.45. The van der Waals surface area contributed by atoms with Gasteiger partial charge in [0.15, 0.2) is 5.75 Å². The molecular weight excluding hydrogens is 370 g/mol. The van der Waals surface area contributed by atoms with E-state index in [1.165, 1.54) is 31.4 Å². The Labute approximate surface area is 150 Å². The van der Waals surface area contributed by atoms with E-state index in [0.717, 1.165) is 23.5 Å². The molecule has 1 aromatic heterocycles. The molecule has 3 rings (SSSR count). The van der Waals surface area contributed by atoms with E-state index in [9.17, 15) is 22.4 Å². The second-order valence-electron chi connectivity index (χ2n) is 5.46. The van der Waals surface area contributed by atoms with Crippen molar-refractivity contribution in [1.82, 2.24) is 5.32 Å². The minimum Gasteiger partial charge on any atom is -0.494 e. The van der Waals surface area contributed by atoms with Gasteiger partial charge in [0, 0.05) is 11.2 Å². The molecule has 2 aromatic carbocycles. The van der Waals surface area contributed by atoms with Crippen LogP contribution in [0.25, 0.3) is 10.1 Å². The fraction of sp³-hybridized carbons (Fsp3) is 0.167. The monoisotopic (exact) mass is 383 g/mol. The molecule has 0 aliphatic carbocycles. The van der Waals surface area contributed by atoms with E-state index >= 15 is 0 Å². The summed E-state index contributed by atoms with van der Waals surface area (Å²) < 4.78 is 58.0. The number of ether oxygens (including phenoxy) is 1. The Morgan fingerprint density at radius 1 is 1.19 bits per heavy atom. The first kappa shape index (κ1) is 18.2. The van der Waals surface area contributed by atoms with E-state index in [2.05, 4.69) is 5.32 Å². The Morgan fingerprint density at radius 3 is 2.62 bits per heavy atom. The molecule has 0 saturated carbocycles. The standard InChI is InChI=1S/C18H13F4NO2S/c1-25-15-14-12(19)6-3-7-13(14)26-16(15)17(24)23-9-10-4-2-5-11(8-10)18(20,21)22/h2-8H,9H2,1H3,(H,23,24). The van der Waals surface area contributed by atoms with Gasteiger partial charge in [0.2, 0.25) is 0 Å². The Morgan fingerprint density at radius 2 is 1.92 bits per heavy atom. The summed E-state index contributed by atoms with van der Waals surface area (Å²) >= 11 is 1.06. The number of methoxy groups -OCH3 is 1. The lowest BCUT2D eigenvalue weighted by Gasteiger charge is -2.10. The molecule has 26 heavy (non-hydrogen) atoms. The molecule has 0 fully saturated rings. The van der Waals surface area contributed by atoms with Crippen LogP contribution in [0.3, 0.4) is 0 Å². The maximum Gasteiger partial charge on any atom is 0.416 e. The lowest BCUT2D eigenvalue weighted by atomic mass is 10.1. The van der Waals surface area contributed by atoms with Gasteiger partial charge in [0.25, 0.3) is 5.91 Å². The maximum absolute atomic E-state index is 14.0. The van der Waals surface area contributed by atoms with E-state index in [1.54, 1.807) is 6.07 Å². The minimum absolute atomic E-state index is 0.0946. The molecule has 0 atom stereocenters. The van der Waals surface area contributed by atoms with Crippen molar-refractivity contribution in [3.8, 4) is 5.75 Å². The van der Waals surface area contributed by atoms with E-state index < -0.39 is 23.5 Å². The van der Waals surface area contributed by atoms with Crippen molar-refractivity contribution >= 4 is 27.3 Å². The Hall–Kier alpha value is -2.61. The van der Waals surface area contributed by atoms with Crippen LogP contribution < -0.4 is 10.1 Å². The number of amides is 1. The van der Waals surface area contributed by atoms with Gasteiger partial charge in [-0.2, -0.15) is 13.2 Å². The lowest BCUT2D eigenvalue weighted by Crippen LogP contribution is -2.22. The van der Waals surface area contributed by atoms with Gasteiger partial charge in [-0.15, -0.1) is 11.3 Å². The number of carbonyl (C=O) groups is 1. The molecule has 8 heteroatoms. The zero-order valence-corrected chi connectivity index (χ0v) is 14.3. The van der Waals surface area contributed by atoms with Gasteiger partial charge in [0.1, 0.15) is 10.7 Å². The van der Waals surface area contributed by atoms with Gasteiger partial charge in [-0.3, -0.25) is 4.79 Å². The highest BCUT2D eigenvalue weighted by molar-refractivity contribution is 7.21. The summed E-state index contributed by atoms with van der Waals surface area (Å²) in [4.78, 5) is 12.6. The Kier molecular flexibility index (Phi) is 4.86. The summed E-state index contributed by atoms with van der Waals surface area (Å²) in [7, 11) is 1.33. The zero-order chi connectivity index (χ0) is 18.9. The number of fused-ring (bicyclic) bond motifs is 1. The van der Waals surface area contributed by atoms with E-state index in [4.69, 9.17) is 4.74 Å². The van der Waals surface area contributed by atoms with Gasteiger partial charge < -0.3 is 10.1 Å². The van der Waals surface area contributed by atoms with Crippen LogP contribution in [-0.2, 0) is 12.7 Å². The predicted molar refractivity (Wildman–Crippen MR) is 90.9 cm³/mol. The van der Waals surface area contributed by atoms with Gasteiger partial charge in [-0.1, -0.05) is 18.2 Å². The first-order valence-electron chi connectivity index (χ1n) is 7.50. The van der Waals surface area contributed by atoms with Crippen LogP contribution in [0.15, 0.2) is 42.5 Å². The van der Waals surface area contributed by atoms with Crippen LogP contribution in [0.5, 0.6) is 5.75 Å². The lowest BCUT2D eigenvalue weighted by molar-refractivity contribution is -0.137. The van der Waals surface area contributed by atoms with E-state index in [-0.39, 0.29) is 22.6 Å². The molecule has 0 aliphatic rings. The second kappa shape index (κ2) is 6.95. The van der Waals surface area contributed by atoms with Crippen molar-refractivity contribution in [2.75, 3.05) is 7.11 Å². The molecule has 0 radical (unpaired) electrons. The van der Waals surface area contributed by atoms with Gasteiger partial charge in [-0.25, -0.2) is 4.39 Å². The molecular formula is C18H13F4NO2S. The number of halogens is 4. The van der Waals surface area contributed by atoms with Crippen molar-refractivity contribution < 1.29 is 27.1 Å². The predicted octanol–water partition coefficient (Wildman–Crippen LogP) is 5.00. The first-order valence-corrected chi connectivity index (χ1v) is 8.32. The quantitative estimate of drug-likeness (QED) is 0.644. The van der Waals surface area contributed by atoms with Crippen LogP contribution in [0, 0.1) is 5.82 Å². The Bertz CT molecular complexity index is 965. The highest BCUT2D eigenvalue weighted by atomic mass is 32.1.